The largest absolute Gasteiger partial charge is 0.494 e. The van der Waals surface area contributed by atoms with Crippen molar-refractivity contribution in [2.45, 2.75) is 45.1 Å². The summed E-state index contributed by atoms with van der Waals surface area (Å²) in [5, 5.41) is 2.68. The van der Waals surface area contributed by atoms with Gasteiger partial charge in [-0.15, -0.1) is 0 Å². The van der Waals surface area contributed by atoms with Gasteiger partial charge in [0.25, 0.3) is 0 Å². The molecule has 164 valence electrons. The Morgan fingerprint density at radius 2 is 2.13 bits per heavy atom. The number of methoxy groups -OCH3 is 1. The quantitative estimate of drug-likeness (QED) is 0.259. The van der Waals surface area contributed by atoms with Gasteiger partial charge in [0, 0.05) is 42.2 Å². The fourth-order valence-corrected chi connectivity index (χ4v) is 4.55. The van der Waals surface area contributed by atoms with Crippen LogP contribution in [0.1, 0.15) is 39.0 Å². The Bertz CT molecular complexity index is 754. The summed E-state index contributed by atoms with van der Waals surface area (Å²) in [4.78, 5) is 25.2. The number of hydrogen-bond donors (Lipinski definition) is 1. The summed E-state index contributed by atoms with van der Waals surface area (Å²) in [6.45, 7) is 3.94. The van der Waals surface area contributed by atoms with Crippen molar-refractivity contribution in [3.63, 3.8) is 0 Å². The maximum Gasteiger partial charge on any atom is 0.330 e. The average Bonchev–Trinajstić information content (AvgIpc) is 2.74. The summed E-state index contributed by atoms with van der Waals surface area (Å²) in [5.41, 5.74) is 0.601. The van der Waals surface area contributed by atoms with E-state index in [1.807, 2.05) is 12.1 Å². The van der Waals surface area contributed by atoms with E-state index in [-0.39, 0.29) is 0 Å². The first kappa shape index (κ1) is 24.2. The lowest BCUT2D eigenvalue weighted by Crippen LogP contribution is -2.39. The number of nitrogens with one attached hydrogen (secondary N) is 1. The Morgan fingerprint density at radius 1 is 1.30 bits per heavy atom. The van der Waals surface area contributed by atoms with Crippen LogP contribution in [-0.2, 0) is 14.3 Å². The van der Waals surface area contributed by atoms with Crippen molar-refractivity contribution in [2.75, 3.05) is 31.3 Å². The number of hydrogen-bond acceptors (Lipinski definition) is 6. The molecule has 1 atom stereocenters. The predicted molar refractivity (Wildman–Crippen MR) is 126 cm³/mol. The molecule has 0 saturated carbocycles. The Labute approximate surface area is 188 Å². The molecule has 30 heavy (non-hydrogen) atoms. The van der Waals surface area contributed by atoms with Gasteiger partial charge in [-0.1, -0.05) is 30.0 Å². The monoisotopic (exact) mass is 450 g/mol. The summed E-state index contributed by atoms with van der Waals surface area (Å²) in [6, 6.07) is 7.73. The number of amides is 1. The number of anilines is 1. The van der Waals surface area contributed by atoms with Crippen LogP contribution in [0.4, 0.5) is 5.69 Å². The van der Waals surface area contributed by atoms with E-state index >= 15 is 0 Å². The highest BCUT2D eigenvalue weighted by Gasteiger charge is 2.20. The van der Waals surface area contributed by atoms with Crippen molar-refractivity contribution < 1.29 is 19.1 Å². The molecule has 2 rings (SSSR count). The van der Waals surface area contributed by atoms with Crippen LogP contribution < -0.4 is 10.1 Å². The minimum absolute atomic E-state index is 0.409. The van der Waals surface area contributed by atoms with Crippen LogP contribution >= 0.6 is 24.0 Å². The van der Waals surface area contributed by atoms with Gasteiger partial charge in [-0.2, -0.15) is 0 Å². The van der Waals surface area contributed by atoms with Crippen LogP contribution in [0.5, 0.6) is 5.75 Å². The maximum atomic E-state index is 11.8. The lowest BCUT2D eigenvalue weighted by Gasteiger charge is -2.35. The first-order valence-electron chi connectivity index (χ1n) is 10.2. The predicted octanol–water partition coefficient (Wildman–Crippen LogP) is 4.41. The minimum Gasteiger partial charge on any atom is -0.494 e. The fourth-order valence-electron chi connectivity index (χ4n) is 3.07. The molecule has 1 unspecified atom stereocenters. The third-order valence-electron chi connectivity index (χ3n) is 4.74. The number of carbonyl (C=O) groups excluding carboxylic acids is 2. The highest BCUT2D eigenvalue weighted by Crippen LogP contribution is 2.22. The first-order valence-corrected chi connectivity index (χ1v) is 11.6. The van der Waals surface area contributed by atoms with E-state index < -0.39 is 11.9 Å². The molecule has 0 aliphatic carbocycles. The minimum atomic E-state index is -0.577. The van der Waals surface area contributed by atoms with E-state index in [0.717, 1.165) is 41.6 Å². The van der Waals surface area contributed by atoms with Gasteiger partial charge in [0.1, 0.15) is 10.1 Å². The summed E-state index contributed by atoms with van der Waals surface area (Å²) >= 11 is 7.35. The smallest absolute Gasteiger partial charge is 0.330 e. The van der Waals surface area contributed by atoms with E-state index in [0.29, 0.717) is 24.1 Å². The number of thiocarbonyl (C=S) groups is 1. The molecular formula is C22H30N2O4S2. The van der Waals surface area contributed by atoms with Gasteiger partial charge in [0.05, 0.1) is 13.7 Å². The number of nitrogens with zero attached hydrogens (tertiary/aromatic N) is 1. The van der Waals surface area contributed by atoms with Crippen LogP contribution in [0, 0.1) is 0 Å². The molecular weight excluding hydrogens is 420 g/mol. The van der Waals surface area contributed by atoms with Gasteiger partial charge in [-0.3, -0.25) is 4.79 Å². The van der Waals surface area contributed by atoms with Crippen molar-refractivity contribution in [3.8, 4) is 5.75 Å². The van der Waals surface area contributed by atoms with Crippen LogP contribution in [0.3, 0.4) is 0 Å². The molecule has 1 aliphatic heterocycles. The second-order valence-corrected chi connectivity index (χ2v) is 8.81. The number of carbonyl (C=O) groups is 2. The zero-order valence-corrected chi connectivity index (χ0v) is 19.2. The number of likely N-dealkylation sites (tertiary alicyclic amines) is 1. The number of esters is 1. The lowest BCUT2D eigenvalue weighted by molar-refractivity contribution is -0.135. The molecule has 1 saturated heterocycles. The third kappa shape index (κ3) is 8.75. The van der Waals surface area contributed by atoms with Gasteiger partial charge in [-0.25, -0.2) is 4.79 Å². The maximum absolute atomic E-state index is 11.8. The van der Waals surface area contributed by atoms with Crippen molar-refractivity contribution in [2.24, 2.45) is 0 Å². The van der Waals surface area contributed by atoms with Crippen LogP contribution in [0.2, 0.25) is 0 Å². The zero-order valence-electron chi connectivity index (χ0n) is 17.6. The second-order valence-electron chi connectivity index (χ2n) is 7.08. The van der Waals surface area contributed by atoms with E-state index in [9.17, 15) is 9.59 Å². The van der Waals surface area contributed by atoms with Gasteiger partial charge >= 0.3 is 5.97 Å². The molecule has 1 aliphatic rings. The van der Waals surface area contributed by atoms with E-state index in [4.69, 9.17) is 17.0 Å². The molecule has 0 aromatic heterocycles. The number of thioether (sulfide) groups is 1. The molecule has 1 amide bonds. The Kier molecular flexibility index (Phi) is 10.7. The molecule has 0 bridgehead atoms. The molecule has 1 aromatic rings. The lowest BCUT2D eigenvalue weighted by atomic mass is 10.1. The van der Waals surface area contributed by atoms with E-state index in [2.05, 4.69) is 21.9 Å². The third-order valence-corrected chi connectivity index (χ3v) is 6.31. The fraction of sp³-hybridized carbons (Fsp3) is 0.500. The van der Waals surface area contributed by atoms with Crippen molar-refractivity contribution in [3.05, 3.63) is 36.4 Å². The summed E-state index contributed by atoms with van der Waals surface area (Å²) in [5.74, 6) is 0.698. The van der Waals surface area contributed by atoms with E-state index in [1.54, 1.807) is 23.9 Å². The van der Waals surface area contributed by atoms with Gasteiger partial charge in [0.2, 0.25) is 5.91 Å². The van der Waals surface area contributed by atoms with Gasteiger partial charge in [0.15, 0.2) is 0 Å². The summed E-state index contributed by atoms with van der Waals surface area (Å²) < 4.78 is 11.3. The molecule has 0 radical (unpaired) electrons. The Hall–Kier alpha value is -2.06. The van der Waals surface area contributed by atoms with Crippen molar-refractivity contribution in [1.29, 1.82) is 0 Å². The summed E-state index contributed by atoms with van der Waals surface area (Å²) in [6.07, 6.45) is 7.94. The molecule has 0 spiro atoms. The van der Waals surface area contributed by atoms with Crippen molar-refractivity contribution in [1.82, 2.24) is 4.90 Å². The number of benzene rings is 1. The van der Waals surface area contributed by atoms with Crippen LogP contribution in [0.15, 0.2) is 36.4 Å². The molecule has 8 heteroatoms. The zero-order chi connectivity index (χ0) is 21.8. The Balaban J connectivity index is 1.65. The average molecular weight is 451 g/mol. The topological polar surface area (TPSA) is 67.9 Å². The summed E-state index contributed by atoms with van der Waals surface area (Å²) in [7, 11) is 1.26. The molecule has 1 fully saturated rings. The van der Waals surface area contributed by atoms with Gasteiger partial charge in [-0.05, 0) is 51.2 Å². The molecule has 1 heterocycles. The number of unbranched alkanes of at least 4 members (excludes halogenated alkanes) is 1. The van der Waals surface area contributed by atoms with Gasteiger partial charge < -0.3 is 19.7 Å². The molecule has 1 aromatic carbocycles. The SMILES string of the molecule is COC(=O)/C=C/C(=O)Nc1cccc(OCCCCSC(=S)N2CCCCC2C)c1. The highest BCUT2D eigenvalue weighted by molar-refractivity contribution is 8.22. The van der Waals surface area contributed by atoms with Crippen LogP contribution in [-0.4, -0.2) is 53.2 Å². The normalized spacial score (nSPS) is 16.3. The first-order chi connectivity index (χ1) is 14.5. The number of piperidine rings is 1. The highest BCUT2D eigenvalue weighted by atomic mass is 32.2. The number of ether oxygens (including phenoxy) is 2. The second kappa shape index (κ2) is 13.3. The Morgan fingerprint density at radius 3 is 2.90 bits per heavy atom. The van der Waals surface area contributed by atoms with Crippen molar-refractivity contribution >= 4 is 45.9 Å². The van der Waals surface area contributed by atoms with E-state index in [1.165, 1.54) is 26.4 Å². The number of rotatable bonds is 9. The standard InChI is InChI=1S/C22H30N2O4S2/c1-17-8-3-4-13-24(17)22(29)30-15-6-5-14-28-19-10-7-9-18(16-19)23-20(25)11-12-21(26)27-2/h7,9-12,16-17H,3-6,8,13-15H2,1-2H3,(H,23,25)/b12-11+. The molecule has 6 nitrogen and oxygen atoms in total. The molecule has 1 N–H and O–H groups in total. The van der Waals surface area contributed by atoms with Crippen LogP contribution in [0.25, 0.3) is 0 Å².